The van der Waals surface area contributed by atoms with E-state index in [2.05, 4.69) is 22.6 Å². The lowest BCUT2D eigenvalue weighted by Crippen LogP contribution is -2.29. The van der Waals surface area contributed by atoms with Crippen LogP contribution in [-0.4, -0.2) is 17.9 Å². The Bertz CT molecular complexity index is 774. The van der Waals surface area contributed by atoms with Crippen LogP contribution in [0.15, 0.2) is 59.0 Å². The van der Waals surface area contributed by atoms with Crippen LogP contribution in [-0.2, 0) is 0 Å². The average molecular weight is 405 g/mol. The first-order valence-corrected chi connectivity index (χ1v) is 8.15. The van der Waals surface area contributed by atoms with Crippen molar-refractivity contribution in [2.24, 2.45) is 0 Å². The molecule has 1 unspecified atom stereocenters. The lowest BCUT2D eigenvalue weighted by molar-refractivity contribution is 0.0727. The molecule has 1 aromatic heterocycles. The van der Waals surface area contributed by atoms with E-state index >= 15 is 0 Å². The number of rotatable bonds is 3. The first-order chi connectivity index (χ1) is 10.6. The third kappa shape index (κ3) is 2.88. The van der Waals surface area contributed by atoms with Crippen molar-refractivity contribution in [2.75, 3.05) is 7.05 Å². The highest BCUT2D eigenvalue weighted by Gasteiger charge is 2.21. The summed E-state index contributed by atoms with van der Waals surface area (Å²) in [4.78, 5) is 14.3. The van der Waals surface area contributed by atoms with Gasteiger partial charge in [0.05, 0.1) is 6.04 Å². The van der Waals surface area contributed by atoms with Crippen LogP contribution in [0.5, 0.6) is 0 Å². The molecule has 3 rings (SSSR count). The maximum atomic E-state index is 12.6. The zero-order chi connectivity index (χ0) is 15.7. The van der Waals surface area contributed by atoms with Crippen LogP contribution >= 0.6 is 22.6 Å². The van der Waals surface area contributed by atoms with Crippen molar-refractivity contribution >= 4 is 39.5 Å². The van der Waals surface area contributed by atoms with Gasteiger partial charge in [-0.25, -0.2) is 0 Å². The summed E-state index contributed by atoms with van der Waals surface area (Å²) in [6, 6.07) is 17.3. The smallest absolute Gasteiger partial charge is 0.254 e. The van der Waals surface area contributed by atoms with Crippen LogP contribution in [0.4, 0.5) is 0 Å². The maximum Gasteiger partial charge on any atom is 0.254 e. The molecule has 1 heterocycles. The second kappa shape index (κ2) is 6.12. The Kier molecular flexibility index (Phi) is 4.20. The number of para-hydroxylation sites is 1. The van der Waals surface area contributed by atoms with Crippen molar-refractivity contribution in [3.63, 3.8) is 0 Å². The van der Waals surface area contributed by atoms with E-state index in [1.54, 1.807) is 11.9 Å². The van der Waals surface area contributed by atoms with Gasteiger partial charge in [0.1, 0.15) is 11.3 Å². The zero-order valence-corrected chi connectivity index (χ0v) is 14.6. The minimum absolute atomic E-state index is 0.00986. The molecule has 0 fully saturated rings. The molecule has 0 radical (unpaired) electrons. The number of nitrogens with zero attached hydrogens (tertiary/aromatic N) is 1. The minimum atomic E-state index is -0.126. The lowest BCUT2D eigenvalue weighted by Gasteiger charge is -2.23. The molecule has 0 spiro atoms. The highest BCUT2D eigenvalue weighted by molar-refractivity contribution is 14.1. The molecule has 112 valence electrons. The summed E-state index contributed by atoms with van der Waals surface area (Å²) in [6.45, 7) is 1.97. The number of fused-ring (bicyclic) bond motifs is 1. The molecule has 0 bridgehead atoms. The van der Waals surface area contributed by atoms with Crippen molar-refractivity contribution in [3.8, 4) is 0 Å². The third-order valence-corrected chi connectivity index (χ3v) is 4.57. The highest BCUT2D eigenvalue weighted by Crippen LogP contribution is 2.27. The molecule has 22 heavy (non-hydrogen) atoms. The summed E-state index contributed by atoms with van der Waals surface area (Å²) in [5.41, 5.74) is 1.53. The largest absolute Gasteiger partial charge is 0.459 e. The average Bonchev–Trinajstić information content (AvgIpc) is 2.97. The summed E-state index contributed by atoms with van der Waals surface area (Å²) in [5.74, 6) is 0.784. The number of halogens is 1. The minimum Gasteiger partial charge on any atom is -0.459 e. The van der Waals surface area contributed by atoms with Gasteiger partial charge in [0.2, 0.25) is 0 Å². The van der Waals surface area contributed by atoms with E-state index in [0.29, 0.717) is 5.56 Å². The van der Waals surface area contributed by atoms with E-state index in [0.717, 1.165) is 20.3 Å². The number of hydrogen-bond donors (Lipinski definition) is 0. The number of carbonyl (C=O) groups excluding carboxylic acids is 1. The predicted molar refractivity (Wildman–Crippen MR) is 95.9 cm³/mol. The summed E-state index contributed by atoms with van der Waals surface area (Å²) in [6.07, 6.45) is 0. The number of carbonyl (C=O) groups is 1. The van der Waals surface area contributed by atoms with E-state index in [9.17, 15) is 4.79 Å². The van der Waals surface area contributed by atoms with Crippen LogP contribution in [0.25, 0.3) is 11.0 Å². The Morgan fingerprint density at radius 2 is 1.82 bits per heavy atom. The Morgan fingerprint density at radius 3 is 2.50 bits per heavy atom. The number of amides is 1. The highest BCUT2D eigenvalue weighted by atomic mass is 127. The van der Waals surface area contributed by atoms with Gasteiger partial charge in [-0.15, -0.1) is 0 Å². The number of hydrogen-bond acceptors (Lipinski definition) is 2. The molecule has 3 aromatic rings. The van der Waals surface area contributed by atoms with Gasteiger partial charge in [0.25, 0.3) is 5.91 Å². The monoisotopic (exact) mass is 405 g/mol. The first kappa shape index (κ1) is 15.1. The third-order valence-electron chi connectivity index (χ3n) is 3.85. The zero-order valence-electron chi connectivity index (χ0n) is 12.4. The number of benzene rings is 2. The second-order valence-electron chi connectivity index (χ2n) is 5.29. The van der Waals surface area contributed by atoms with Gasteiger partial charge in [0.15, 0.2) is 0 Å². The molecule has 3 nitrogen and oxygen atoms in total. The van der Waals surface area contributed by atoms with Crippen molar-refractivity contribution < 1.29 is 9.21 Å². The van der Waals surface area contributed by atoms with Crippen molar-refractivity contribution in [2.45, 2.75) is 13.0 Å². The van der Waals surface area contributed by atoms with Crippen LogP contribution < -0.4 is 0 Å². The fraction of sp³-hybridized carbons (Fsp3) is 0.167. The first-order valence-electron chi connectivity index (χ1n) is 7.07. The standard InChI is InChI=1S/C18H16INO2/c1-12(17-11-14-5-3-4-6-16(14)22-17)20(2)18(21)13-7-9-15(19)10-8-13/h3-12H,1-2H3. The van der Waals surface area contributed by atoms with E-state index in [1.807, 2.05) is 61.5 Å². The molecule has 0 aliphatic carbocycles. The van der Waals surface area contributed by atoms with Gasteiger partial charge in [-0.1, -0.05) is 18.2 Å². The van der Waals surface area contributed by atoms with Gasteiger partial charge in [-0.05, 0) is 65.9 Å². The summed E-state index contributed by atoms with van der Waals surface area (Å²) >= 11 is 2.23. The van der Waals surface area contributed by atoms with Gasteiger partial charge in [-0.2, -0.15) is 0 Å². The SMILES string of the molecule is CC(c1cc2ccccc2o1)N(C)C(=O)c1ccc(I)cc1. The Morgan fingerprint density at radius 1 is 1.14 bits per heavy atom. The molecule has 1 atom stereocenters. The van der Waals surface area contributed by atoms with E-state index in [4.69, 9.17) is 4.42 Å². The van der Waals surface area contributed by atoms with Crippen LogP contribution in [0, 0.1) is 3.57 Å². The predicted octanol–water partition coefficient (Wildman–Crippen LogP) is 4.87. The topological polar surface area (TPSA) is 33.5 Å². The van der Waals surface area contributed by atoms with Gasteiger partial charge >= 0.3 is 0 Å². The van der Waals surface area contributed by atoms with Crippen LogP contribution in [0.1, 0.15) is 29.1 Å². The Hall–Kier alpha value is -1.82. The molecule has 0 aliphatic rings. The molecule has 0 saturated carbocycles. The van der Waals surface area contributed by atoms with E-state index in [-0.39, 0.29) is 11.9 Å². The molecule has 1 amide bonds. The molecule has 0 aliphatic heterocycles. The van der Waals surface area contributed by atoms with E-state index in [1.165, 1.54) is 0 Å². The number of furan rings is 1. The van der Waals surface area contributed by atoms with Gasteiger partial charge in [0, 0.05) is 21.6 Å². The Labute approximate surface area is 143 Å². The fourth-order valence-corrected chi connectivity index (χ4v) is 2.73. The van der Waals surface area contributed by atoms with Crippen LogP contribution in [0.2, 0.25) is 0 Å². The van der Waals surface area contributed by atoms with Crippen molar-refractivity contribution in [1.29, 1.82) is 0 Å². The fourth-order valence-electron chi connectivity index (χ4n) is 2.37. The summed E-state index contributed by atoms with van der Waals surface area (Å²) in [5, 5.41) is 1.06. The molecule has 2 aromatic carbocycles. The molecule has 0 saturated heterocycles. The maximum absolute atomic E-state index is 12.6. The molecule has 4 heteroatoms. The Balaban J connectivity index is 1.85. The molecule has 0 N–H and O–H groups in total. The lowest BCUT2D eigenvalue weighted by atomic mass is 10.1. The van der Waals surface area contributed by atoms with Crippen molar-refractivity contribution in [1.82, 2.24) is 4.90 Å². The van der Waals surface area contributed by atoms with Gasteiger partial charge in [-0.3, -0.25) is 4.79 Å². The molecular formula is C18H16INO2. The quantitative estimate of drug-likeness (QED) is 0.583. The molecular weight excluding hydrogens is 389 g/mol. The second-order valence-corrected chi connectivity index (χ2v) is 6.53. The van der Waals surface area contributed by atoms with Gasteiger partial charge < -0.3 is 9.32 Å². The van der Waals surface area contributed by atoms with Crippen LogP contribution in [0.3, 0.4) is 0 Å². The normalized spacial score (nSPS) is 12.3. The summed E-state index contributed by atoms with van der Waals surface area (Å²) < 4.78 is 6.97. The van der Waals surface area contributed by atoms with E-state index < -0.39 is 0 Å². The van der Waals surface area contributed by atoms with Crippen molar-refractivity contribution in [3.05, 3.63) is 69.5 Å². The summed E-state index contributed by atoms with van der Waals surface area (Å²) in [7, 11) is 1.80.